The quantitative estimate of drug-likeness (QED) is 0.344. The monoisotopic (exact) mass is 246 g/mol. The molecule has 0 atom stereocenters. The summed E-state index contributed by atoms with van der Waals surface area (Å²) < 4.78 is 4.55. The molecule has 0 amide bonds. The lowest BCUT2D eigenvalue weighted by molar-refractivity contribution is 0.0592. The van der Waals surface area contributed by atoms with Gasteiger partial charge in [0.25, 0.3) is 0 Å². The highest BCUT2D eigenvalue weighted by atomic mass is 35.5. The number of halogens is 1. The van der Waals surface area contributed by atoms with Crippen LogP contribution in [0.2, 0.25) is 0 Å². The van der Waals surface area contributed by atoms with Crippen molar-refractivity contribution in [2.45, 2.75) is 11.4 Å². The Morgan fingerprint density at radius 1 is 1.60 bits per heavy atom. The molecule has 0 fully saturated rings. The fourth-order valence-corrected chi connectivity index (χ4v) is 1.94. The molecule has 0 spiro atoms. The molecule has 0 unspecified atom stereocenters. The maximum atomic E-state index is 11.1. The van der Waals surface area contributed by atoms with E-state index >= 15 is 0 Å². The number of ether oxygens (including phenoxy) is 1. The van der Waals surface area contributed by atoms with Crippen molar-refractivity contribution in [3.8, 4) is 0 Å². The number of hydrogen-bond acceptors (Lipinski definition) is 5. The Hall–Kier alpha value is -0.810. The van der Waals surface area contributed by atoms with Crippen LogP contribution in [0.1, 0.15) is 16.9 Å². The molecule has 0 aliphatic carbocycles. The molecule has 82 valence electrons. The first-order chi connectivity index (χ1) is 7.27. The van der Waals surface area contributed by atoms with E-state index in [0.717, 1.165) is 12.2 Å². The summed E-state index contributed by atoms with van der Waals surface area (Å²) in [6.07, 6.45) is 3.90. The molecule has 1 rings (SSSR count). The zero-order valence-corrected chi connectivity index (χ0v) is 9.85. The number of methoxy groups -OCH3 is 1. The zero-order valence-electron chi connectivity index (χ0n) is 8.27. The van der Waals surface area contributed by atoms with Crippen molar-refractivity contribution in [1.29, 1.82) is 0 Å². The summed E-state index contributed by atoms with van der Waals surface area (Å²) in [6, 6.07) is 0. The molecule has 1 heterocycles. The maximum absolute atomic E-state index is 11.1. The lowest BCUT2D eigenvalue weighted by Crippen LogP contribution is -2.05. The van der Waals surface area contributed by atoms with Crippen LogP contribution in [0.25, 0.3) is 0 Å². The minimum absolute atomic E-state index is 0.230. The van der Waals surface area contributed by atoms with E-state index < -0.39 is 5.97 Å². The number of aromatic nitrogens is 2. The summed E-state index contributed by atoms with van der Waals surface area (Å²) in [5.74, 6) is 1.02. The first kappa shape index (κ1) is 12.3. The van der Waals surface area contributed by atoms with Gasteiger partial charge in [-0.05, 0) is 6.42 Å². The summed E-state index contributed by atoms with van der Waals surface area (Å²) >= 11 is 7.07. The average molecular weight is 247 g/mol. The van der Waals surface area contributed by atoms with Crippen molar-refractivity contribution in [1.82, 2.24) is 9.97 Å². The zero-order chi connectivity index (χ0) is 11.1. The Balaban J connectivity index is 2.62. The van der Waals surface area contributed by atoms with Crippen LogP contribution < -0.4 is 0 Å². The van der Waals surface area contributed by atoms with E-state index in [2.05, 4.69) is 14.7 Å². The topological polar surface area (TPSA) is 52.1 Å². The Morgan fingerprint density at radius 3 is 3.07 bits per heavy atom. The fourth-order valence-electron chi connectivity index (χ4n) is 0.852. The largest absolute Gasteiger partial charge is 0.464 e. The highest BCUT2D eigenvalue weighted by Crippen LogP contribution is 2.15. The summed E-state index contributed by atoms with van der Waals surface area (Å²) in [5, 5.41) is 0.711. The normalized spacial score (nSPS) is 10.0. The molecule has 0 N–H and O–H groups in total. The lowest BCUT2D eigenvalue weighted by atomic mass is 10.5. The molecule has 4 nitrogen and oxygen atoms in total. The summed E-state index contributed by atoms with van der Waals surface area (Å²) in [4.78, 5) is 19.2. The fraction of sp³-hybridized carbons (Fsp3) is 0.444. The predicted molar refractivity (Wildman–Crippen MR) is 59.4 cm³/mol. The van der Waals surface area contributed by atoms with Crippen LogP contribution in [0, 0.1) is 0 Å². The van der Waals surface area contributed by atoms with Gasteiger partial charge in [-0.2, -0.15) is 0 Å². The third-order valence-electron chi connectivity index (χ3n) is 1.53. The Bertz CT molecular complexity index is 336. The molecule has 6 heteroatoms. The lowest BCUT2D eigenvalue weighted by Gasteiger charge is -2.01. The molecule has 0 saturated carbocycles. The minimum Gasteiger partial charge on any atom is -0.464 e. The van der Waals surface area contributed by atoms with E-state index in [9.17, 15) is 4.79 Å². The van der Waals surface area contributed by atoms with Gasteiger partial charge in [-0.1, -0.05) is 0 Å². The molecule has 1 aromatic heterocycles. The number of rotatable bonds is 5. The standard InChI is InChI=1S/C9H11ClN2O2S/c1-14-9(13)7-5-11-6-8(12-7)15-4-2-3-10/h5-6H,2-4H2,1H3. The molecular formula is C9H11ClN2O2S. The van der Waals surface area contributed by atoms with Gasteiger partial charge < -0.3 is 4.74 Å². The Kier molecular flexibility index (Phi) is 5.42. The van der Waals surface area contributed by atoms with Crippen molar-refractivity contribution in [2.24, 2.45) is 0 Å². The third kappa shape index (κ3) is 4.05. The van der Waals surface area contributed by atoms with Crippen molar-refractivity contribution in [3.05, 3.63) is 18.1 Å². The number of carbonyl (C=O) groups excluding carboxylic acids is 1. The van der Waals surface area contributed by atoms with Gasteiger partial charge >= 0.3 is 5.97 Å². The molecule has 0 aromatic carbocycles. The van der Waals surface area contributed by atoms with E-state index in [1.54, 1.807) is 6.20 Å². The molecular weight excluding hydrogens is 236 g/mol. The van der Waals surface area contributed by atoms with Crippen LogP contribution in [0.15, 0.2) is 17.4 Å². The number of alkyl halides is 1. The van der Waals surface area contributed by atoms with Gasteiger partial charge in [0.05, 0.1) is 19.5 Å². The van der Waals surface area contributed by atoms with Gasteiger partial charge in [0.2, 0.25) is 0 Å². The second-order valence-electron chi connectivity index (χ2n) is 2.63. The van der Waals surface area contributed by atoms with E-state index in [4.69, 9.17) is 11.6 Å². The van der Waals surface area contributed by atoms with Crippen molar-refractivity contribution in [2.75, 3.05) is 18.7 Å². The Morgan fingerprint density at radius 2 is 2.40 bits per heavy atom. The second kappa shape index (κ2) is 6.63. The van der Waals surface area contributed by atoms with E-state index in [0.29, 0.717) is 10.9 Å². The van der Waals surface area contributed by atoms with Crippen LogP contribution in [-0.2, 0) is 4.74 Å². The minimum atomic E-state index is -0.470. The molecule has 15 heavy (non-hydrogen) atoms. The summed E-state index contributed by atoms with van der Waals surface area (Å²) in [6.45, 7) is 0. The first-order valence-corrected chi connectivity index (χ1v) is 5.89. The van der Waals surface area contributed by atoms with Crippen LogP contribution in [-0.4, -0.2) is 34.7 Å². The van der Waals surface area contributed by atoms with Crippen LogP contribution in [0.5, 0.6) is 0 Å². The van der Waals surface area contributed by atoms with Crippen LogP contribution in [0.4, 0.5) is 0 Å². The van der Waals surface area contributed by atoms with Gasteiger partial charge in [-0.25, -0.2) is 9.78 Å². The van der Waals surface area contributed by atoms with Gasteiger partial charge in [0, 0.05) is 11.6 Å². The van der Waals surface area contributed by atoms with Gasteiger partial charge in [-0.3, -0.25) is 4.98 Å². The second-order valence-corrected chi connectivity index (χ2v) is 4.12. The molecule has 0 aliphatic heterocycles. The maximum Gasteiger partial charge on any atom is 0.358 e. The molecule has 0 bridgehead atoms. The van der Waals surface area contributed by atoms with Crippen molar-refractivity contribution >= 4 is 29.3 Å². The van der Waals surface area contributed by atoms with Gasteiger partial charge in [0.15, 0.2) is 5.69 Å². The molecule has 1 aromatic rings. The van der Waals surface area contributed by atoms with Crippen LogP contribution in [0.3, 0.4) is 0 Å². The average Bonchev–Trinajstić information content (AvgIpc) is 2.29. The highest BCUT2D eigenvalue weighted by molar-refractivity contribution is 7.99. The molecule has 0 saturated heterocycles. The predicted octanol–water partition coefficient (Wildman–Crippen LogP) is 1.98. The highest BCUT2D eigenvalue weighted by Gasteiger charge is 2.08. The van der Waals surface area contributed by atoms with E-state index in [1.807, 2.05) is 0 Å². The smallest absolute Gasteiger partial charge is 0.358 e. The van der Waals surface area contributed by atoms with Gasteiger partial charge in [-0.15, -0.1) is 23.4 Å². The number of hydrogen-bond donors (Lipinski definition) is 0. The SMILES string of the molecule is COC(=O)c1cncc(SCCCCl)n1. The van der Waals surface area contributed by atoms with Gasteiger partial charge in [0.1, 0.15) is 5.03 Å². The third-order valence-corrected chi connectivity index (χ3v) is 2.79. The number of thioether (sulfide) groups is 1. The van der Waals surface area contributed by atoms with Crippen molar-refractivity contribution < 1.29 is 9.53 Å². The summed E-state index contributed by atoms with van der Waals surface area (Å²) in [7, 11) is 1.32. The number of carbonyl (C=O) groups is 1. The Labute approximate surface area is 97.4 Å². The number of nitrogens with zero attached hydrogens (tertiary/aromatic N) is 2. The number of esters is 1. The van der Waals surface area contributed by atoms with E-state index in [1.165, 1.54) is 25.1 Å². The van der Waals surface area contributed by atoms with Crippen LogP contribution >= 0.6 is 23.4 Å². The summed E-state index contributed by atoms with van der Waals surface area (Å²) in [5.41, 5.74) is 0.230. The van der Waals surface area contributed by atoms with Crippen molar-refractivity contribution in [3.63, 3.8) is 0 Å². The van der Waals surface area contributed by atoms with E-state index in [-0.39, 0.29) is 5.69 Å². The molecule has 0 aliphatic rings. The molecule has 0 radical (unpaired) electrons. The first-order valence-electron chi connectivity index (χ1n) is 4.37.